The van der Waals surface area contributed by atoms with E-state index in [0.717, 1.165) is 32.6 Å². The third kappa shape index (κ3) is 2.33. The quantitative estimate of drug-likeness (QED) is 0.750. The summed E-state index contributed by atoms with van der Waals surface area (Å²) in [6.45, 7) is 5.92. The van der Waals surface area contributed by atoms with Crippen LogP contribution in [0.25, 0.3) is 10.2 Å². The largest absolute Gasteiger partial charge is 0.397 e. The summed E-state index contributed by atoms with van der Waals surface area (Å²) in [5.74, 6) is -0.183. The molecule has 0 aliphatic carbocycles. The summed E-state index contributed by atoms with van der Waals surface area (Å²) >= 11 is 1.33. The molecule has 0 saturated heterocycles. The van der Waals surface area contributed by atoms with E-state index >= 15 is 0 Å². The van der Waals surface area contributed by atoms with Crippen LogP contribution < -0.4 is 11.1 Å². The van der Waals surface area contributed by atoms with Gasteiger partial charge in [-0.1, -0.05) is 18.2 Å². The topological polar surface area (TPSA) is 68.0 Å². The van der Waals surface area contributed by atoms with Crippen LogP contribution in [0.5, 0.6) is 0 Å². The molecule has 5 heteroatoms. The molecular formula is C17H17N3OS. The number of anilines is 2. The molecule has 2 heterocycles. The molecule has 0 unspecified atom stereocenters. The van der Waals surface area contributed by atoms with Crippen molar-refractivity contribution in [2.45, 2.75) is 20.8 Å². The van der Waals surface area contributed by atoms with Gasteiger partial charge in [-0.05, 0) is 43.5 Å². The molecular weight excluding hydrogens is 294 g/mol. The van der Waals surface area contributed by atoms with Crippen molar-refractivity contribution in [2.75, 3.05) is 11.1 Å². The van der Waals surface area contributed by atoms with Crippen molar-refractivity contribution in [2.24, 2.45) is 0 Å². The third-order valence-corrected chi connectivity index (χ3v) is 4.88. The number of nitrogens with one attached hydrogen (secondary N) is 1. The second-order valence-corrected chi connectivity index (χ2v) is 6.37. The minimum absolute atomic E-state index is 0.183. The molecule has 3 N–H and O–H groups in total. The average Bonchev–Trinajstić information content (AvgIpc) is 2.81. The van der Waals surface area contributed by atoms with Gasteiger partial charge in [0.2, 0.25) is 0 Å². The molecule has 112 valence electrons. The lowest BCUT2D eigenvalue weighted by Gasteiger charge is -2.10. The molecule has 0 aliphatic heterocycles. The number of amides is 1. The van der Waals surface area contributed by atoms with Gasteiger partial charge < -0.3 is 11.1 Å². The van der Waals surface area contributed by atoms with E-state index in [4.69, 9.17) is 5.73 Å². The number of thiophene rings is 1. The summed E-state index contributed by atoms with van der Waals surface area (Å²) < 4.78 is 0. The first-order valence-electron chi connectivity index (χ1n) is 7.00. The van der Waals surface area contributed by atoms with E-state index in [-0.39, 0.29) is 5.91 Å². The Hall–Kier alpha value is -2.40. The van der Waals surface area contributed by atoms with Crippen molar-refractivity contribution < 1.29 is 4.79 Å². The fourth-order valence-electron chi connectivity index (χ4n) is 2.55. The lowest BCUT2D eigenvalue weighted by atomic mass is 10.1. The van der Waals surface area contributed by atoms with Gasteiger partial charge in [-0.15, -0.1) is 11.3 Å². The van der Waals surface area contributed by atoms with Gasteiger partial charge in [0.15, 0.2) is 0 Å². The molecule has 0 fully saturated rings. The van der Waals surface area contributed by atoms with Crippen LogP contribution in [0.1, 0.15) is 26.4 Å². The Kier molecular flexibility index (Phi) is 3.58. The SMILES string of the molecule is Cc1cccc(C)c1NC(=O)c1sc2nccc(C)c2c1N. The number of rotatable bonds is 2. The maximum absolute atomic E-state index is 12.6. The highest BCUT2D eigenvalue weighted by atomic mass is 32.1. The fraction of sp³-hybridized carbons (Fsp3) is 0.176. The molecule has 1 aromatic carbocycles. The highest BCUT2D eigenvalue weighted by molar-refractivity contribution is 7.21. The molecule has 0 bridgehead atoms. The fourth-order valence-corrected chi connectivity index (χ4v) is 3.59. The van der Waals surface area contributed by atoms with E-state index in [2.05, 4.69) is 10.3 Å². The van der Waals surface area contributed by atoms with Gasteiger partial charge in [-0.3, -0.25) is 4.79 Å². The molecule has 0 spiro atoms. The van der Waals surface area contributed by atoms with E-state index in [1.54, 1.807) is 6.20 Å². The van der Waals surface area contributed by atoms with Crippen molar-refractivity contribution >= 4 is 38.8 Å². The van der Waals surface area contributed by atoms with Crippen LogP contribution in [-0.4, -0.2) is 10.9 Å². The Bertz CT molecular complexity index is 863. The molecule has 0 aliphatic rings. The maximum Gasteiger partial charge on any atom is 0.267 e. The number of hydrogen-bond donors (Lipinski definition) is 2. The van der Waals surface area contributed by atoms with Crippen LogP contribution in [0.15, 0.2) is 30.5 Å². The number of fused-ring (bicyclic) bond motifs is 1. The number of aromatic nitrogens is 1. The Morgan fingerprint density at radius 3 is 2.45 bits per heavy atom. The number of pyridine rings is 1. The van der Waals surface area contributed by atoms with E-state index in [0.29, 0.717) is 10.6 Å². The molecule has 3 rings (SSSR count). The van der Waals surface area contributed by atoms with Crippen molar-refractivity contribution in [1.29, 1.82) is 0 Å². The van der Waals surface area contributed by atoms with Crippen LogP contribution in [0.2, 0.25) is 0 Å². The number of nitrogens with zero attached hydrogens (tertiary/aromatic N) is 1. The highest BCUT2D eigenvalue weighted by Crippen LogP contribution is 2.35. The van der Waals surface area contributed by atoms with Gasteiger partial charge >= 0.3 is 0 Å². The van der Waals surface area contributed by atoms with E-state index in [9.17, 15) is 4.79 Å². The normalized spacial score (nSPS) is 10.9. The molecule has 22 heavy (non-hydrogen) atoms. The van der Waals surface area contributed by atoms with Crippen molar-refractivity contribution in [3.8, 4) is 0 Å². The van der Waals surface area contributed by atoms with Crippen molar-refractivity contribution in [3.63, 3.8) is 0 Å². The summed E-state index contributed by atoms with van der Waals surface area (Å²) in [6.07, 6.45) is 1.74. The molecule has 1 amide bonds. The standard InChI is InChI=1S/C17H17N3OS/c1-9-7-8-19-17-12(9)13(18)15(22-17)16(21)20-14-10(2)5-4-6-11(14)3/h4-8H,18H2,1-3H3,(H,20,21). The third-order valence-electron chi connectivity index (χ3n) is 3.76. The van der Waals surface area contributed by atoms with E-state index < -0.39 is 0 Å². The second-order valence-electron chi connectivity index (χ2n) is 5.37. The van der Waals surface area contributed by atoms with Crippen LogP contribution in [0.3, 0.4) is 0 Å². The molecule has 0 atom stereocenters. The number of nitrogens with two attached hydrogens (primary N) is 1. The zero-order chi connectivity index (χ0) is 15.9. The Labute approximate surface area is 133 Å². The van der Waals surface area contributed by atoms with Gasteiger partial charge in [-0.25, -0.2) is 4.98 Å². The number of aryl methyl sites for hydroxylation is 3. The maximum atomic E-state index is 12.6. The first-order valence-corrected chi connectivity index (χ1v) is 7.82. The van der Waals surface area contributed by atoms with Gasteiger partial charge in [-0.2, -0.15) is 0 Å². The minimum atomic E-state index is -0.183. The number of nitrogen functional groups attached to an aromatic ring is 1. The lowest BCUT2D eigenvalue weighted by Crippen LogP contribution is -2.13. The molecule has 3 aromatic rings. The Morgan fingerprint density at radius 2 is 1.82 bits per heavy atom. The zero-order valence-corrected chi connectivity index (χ0v) is 13.5. The summed E-state index contributed by atoms with van der Waals surface area (Å²) in [4.78, 5) is 18.2. The predicted molar refractivity (Wildman–Crippen MR) is 92.6 cm³/mol. The number of carbonyl (C=O) groups is 1. The van der Waals surface area contributed by atoms with E-state index in [1.807, 2.05) is 45.0 Å². The van der Waals surface area contributed by atoms with Crippen LogP contribution in [-0.2, 0) is 0 Å². The predicted octanol–water partition coefficient (Wildman–Crippen LogP) is 4.06. The van der Waals surface area contributed by atoms with Crippen molar-refractivity contribution in [3.05, 3.63) is 52.0 Å². The molecule has 0 radical (unpaired) electrons. The Balaban J connectivity index is 2.03. The minimum Gasteiger partial charge on any atom is -0.397 e. The van der Waals surface area contributed by atoms with Gasteiger partial charge in [0.05, 0.1) is 5.69 Å². The molecule has 4 nitrogen and oxygen atoms in total. The number of hydrogen-bond acceptors (Lipinski definition) is 4. The zero-order valence-electron chi connectivity index (χ0n) is 12.7. The smallest absolute Gasteiger partial charge is 0.267 e. The lowest BCUT2D eigenvalue weighted by molar-refractivity contribution is 0.103. The number of para-hydroxylation sites is 1. The highest BCUT2D eigenvalue weighted by Gasteiger charge is 2.19. The summed E-state index contributed by atoms with van der Waals surface area (Å²) in [6, 6.07) is 7.82. The first kappa shape index (κ1) is 14.5. The first-order chi connectivity index (χ1) is 10.5. The molecule has 2 aromatic heterocycles. The Morgan fingerprint density at radius 1 is 1.14 bits per heavy atom. The van der Waals surface area contributed by atoms with Crippen LogP contribution in [0.4, 0.5) is 11.4 Å². The summed E-state index contributed by atoms with van der Waals surface area (Å²) in [5, 5.41) is 3.85. The number of benzene rings is 1. The van der Waals surface area contributed by atoms with Crippen LogP contribution >= 0.6 is 11.3 Å². The summed E-state index contributed by atoms with van der Waals surface area (Å²) in [5.41, 5.74) is 10.6. The molecule has 0 saturated carbocycles. The second kappa shape index (κ2) is 5.42. The van der Waals surface area contributed by atoms with Crippen molar-refractivity contribution in [1.82, 2.24) is 4.98 Å². The average molecular weight is 311 g/mol. The summed E-state index contributed by atoms with van der Waals surface area (Å²) in [7, 11) is 0. The monoisotopic (exact) mass is 311 g/mol. The van der Waals surface area contributed by atoms with E-state index in [1.165, 1.54) is 11.3 Å². The van der Waals surface area contributed by atoms with Gasteiger partial charge in [0, 0.05) is 17.3 Å². The van der Waals surface area contributed by atoms with Gasteiger partial charge in [0.1, 0.15) is 9.71 Å². The van der Waals surface area contributed by atoms with Gasteiger partial charge in [0.25, 0.3) is 5.91 Å². The van der Waals surface area contributed by atoms with Crippen LogP contribution in [0, 0.1) is 20.8 Å². The number of carbonyl (C=O) groups excluding carboxylic acids is 1.